The molecule has 2 heterocycles. The molecule has 0 amide bonds. The first-order valence-electron chi connectivity index (χ1n) is 29.4. The smallest absolute Gasteiger partial charge is 0.182 e. The molecule has 1 spiro atoms. The van der Waals surface area contributed by atoms with Crippen LogP contribution in [0.2, 0.25) is 0 Å². The molecule has 1 saturated heterocycles. The maximum Gasteiger partial charge on any atom is 0.182 e. The molecule has 0 aromatic carbocycles. The number of nitrogens with one attached hydrogen (secondary N) is 2. The van der Waals surface area contributed by atoms with Gasteiger partial charge >= 0.3 is 0 Å². The molecule has 0 aromatic rings. The van der Waals surface area contributed by atoms with Gasteiger partial charge < -0.3 is 67.1 Å². The summed E-state index contributed by atoms with van der Waals surface area (Å²) in [5.74, 6) is -4.26. The molecule has 0 radical (unpaired) electrons. The number of hydrogen-bond acceptors (Lipinski definition) is 14. The van der Waals surface area contributed by atoms with Crippen LogP contribution in [0.15, 0.2) is 46.8 Å². The highest BCUT2D eigenvalue weighted by Gasteiger charge is 2.82. The van der Waals surface area contributed by atoms with Crippen LogP contribution in [0.25, 0.3) is 0 Å². The monoisotopic (exact) mass is 1020 g/mol. The van der Waals surface area contributed by atoms with Crippen molar-refractivity contribution in [2.45, 2.75) is 227 Å². The van der Waals surface area contributed by atoms with Crippen LogP contribution in [0.1, 0.15) is 162 Å². The fraction of sp³-hybridized carbons (Fsp3) is 0.847. The fourth-order valence-electron chi connectivity index (χ4n) is 20.3. The number of nitrogens with two attached hydrogens (primary N) is 1. The standard InChI is InChI=1S/C59H91N3O11/c1-4-10-33-15-17-37-43(21-16-33)73-53-46(37)41(65)14-8-25-59(53,72)54(3,69)44-24-27-58(71)48-49(61-30-32(2)64)51(68)47-38-18-20-39-35(36-19-22-45(60)62-40(36)13-9-28-63)23-26-55(70,31-57(44,58)34-11-6-5-7-12-34)52(48)56(39,47)29-42(66)50(38)67/h19,22-23,26,32-35,37-39,41-47,50,52-53,61-67,69-72H,4-18,20-21,24-25,27-31,60H2,1-3H3. The number of aliphatic hydroxyl groups is 9. The molecule has 408 valence electrons. The maximum atomic E-state index is 16.3. The third-order valence-corrected chi connectivity index (χ3v) is 22.9. The quantitative estimate of drug-likeness (QED) is 0.119. The van der Waals surface area contributed by atoms with E-state index in [1.807, 2.05) is 18.2 Å². The van der Waals surface area contributed by atoms with Crippen LogP contribution < -0.4 is 16.4 Å². The van der Waals surface area contributed by atoms with Crippen molar-refractivity contribution in [3.05, 3.63) is 46.8 Å². The number of fused-ring (bicyclic) bond motifs is 5. The van der Waals surface area contributed by atoms with E-state index in [9.17, 15) is 46.0 Å². The van der Waals surface area contributed by atoms with Gasteiger partial charge in [-0.3, -0.25) is 4.79 Å². The molecule has 0 aromatic heterocycles. The average Bonchev–Trinajstić information content (AvgIpc) is 3.73. The highest BCUT2D eigenvalue weighted by Crippen LogP contribution is 2.79. The molecule has 2 bridgehead atoms. The highest BCUT2D eigenvalue weighted by atomic mass is 16.5. The molecule has 8 fully saturated rings. The minimum atomic E-state index is -1.92. The first kappa shape index (κ1) is 52.8. The van der Waals surface area contributed by atoms with Gasteiger partial charge in [-0.1, -0.05) is 63.7 Å². The van der Waals surface area contributed by atoms with Crippen LogP contribution in [0.5, 0.6) is 0 Å². The summed E-state index contributed by atoms with van der Waals surface area (Å²) in [5.41, 5.74) is -0.980. The van der Waals surface area contributed by atoms with Crippen molar-refractivity contribution in [1.82, 2.24) is 10.6 Å². The summed E-state index contributed by atoms with van der Waals surface area (Å²) >= 11 is 0. The number of ketones is 1. The van der Waals surface area contributed by atoms with Crippen molar-refractivity contribution in [2.75, 3.05) is 13.2 Å². The van der Waals surface area contributed by atoms with Crippen LogP contribution in [0, 0.1) is 70.0 Å². The lowest BCUT2D eigenvalue weighted by Gasteiger charge is -2.71. The van der Waals surface area contributed by atoms with Gasteiger partial charge in [-0.05, 0) is 175 Å². The lowest BCUT2D eigenvalue weighted by atomic mass is 9.34. The molecular formula is C59H91N3O11. The zero-order valence-electron chi connectivity index (χ0n) is 44.0. The van der Waals surface area contributed by atoms with E-state index in [1.54, 1.807) is 13.8 Å². The molecule has 13 N–H and O–H groups in total. The summed E-state index contributed by atoms with van der Waals surface area (Å²) in [6.45, 7) is 5.58. The number of rotatable bonds is 12. The number of allylic oxidation sites excluding steroid dienone is 5. The summed E-state index contributed by atoms with van der Waals surface area (Å²) < 4.78 is 7.15. The van der Waals surface area contributed by atoms with Crippen molar-refractivity contribution < 1.29 is 55.5 Å². The third kappa shape index (κ3) is 7.72. The van der Waals surface area contributed by atoms with Gasteiger partial charge in [0.05, 0.1) is 65.3 Å². The number of hydrogen-bond donors (Lipinski definition) is 12. The Bertz CT molecular complexity index is 2230. The summed E-state index contributed by atoms with van der Waals surface area (Å²) in [5, 5.41) is 122. The second-order valence-corrected chi connectivity index (χ2v) is 26.4. The first-order valence-corrected chi connectivity index (χ1v) is 29.4. The van der Waals surface area contributed by atoms with Gasteiger partial charge in [0, 0.05) is 47.9 Å². The molecule has 22 unspecified atom stereocenters. The van der Waals surface area contributed by atoms with Crippen LogP contribution in [0.3, 0.4) is 0 Å². The lowest BCUT2D eigenvalue weighted by Crippen LogP contribution is -2.76. The van der Waals surface area contributed by atoms with Gasteiger partial charge in [-0.2, -0.15) is 0 Å². The largest absolute Gasteiger partial charge is 0.396 e. The number of aliphatic hydroxyl groups excluding tert-OH is 5. The van der Waals surface area contributed by atoms with Gasteiger partial charge in [0.2, 0.25) is 0 Å². The predicted molar refractivity (Wildman–Crippen MR) is 274 cm³/mol. The normalized spacial score (nSPS) is 49.6. The Hall–Kier alpha value is -2.21. The Balaban J connectivity index is 1.12. The molecule has 11 aliphatic rings. The predicted octanol–water partition coefficient (Wildman–Crippen LogP) is 4.68. The SMILES string of the molecule is CCCC1CCC2OC3C(C(O)CCCC3(O)C(C)(O)C3CCC4(O)C5=C(NCC(C)O)C(=O)C6C7CCC8C(C9=C(CCCO)NC(N)C=C9)C=CC(O)(CC34C3CCCCC3)C5C86CC(O)C7O)C2CC1. The molecule has 9 aliphatic carbocycles. The number of carbonyl (C=O) groups is 1. The van der Waals surface area contributed by atoms with E-state index < -0.39 is 99.5 Å². The van der Waals surface area contributed by atoms with E-state index >= 15 is 4.79 Å². The molecular weight excluding hydrogens is 927 g/mol. The fourth-order valence-corrected chi connectivity index (χ4v) is 20.3. The molecule has 11 rings (SSSR count). The van der Waals surface area contributed by atoms with E-state index in [0.29, 0.717) is 62.9 Å². The number of dihydropyridines is 1. The van der Waals surface area contributed by atoms with Crippen LogP contribution >= 0.6 is 0 Å². The summed E-state index contributed by atoms with van der Waals surface area (Å²) in [4.78, 5) is 16.3. The molecule has 7 saturated carbocycles. The van der Waals surface area contributed by atoms with Gasteiger partial charge in [0.1, 0.15) is 5.60 Å². The third-order valence-electron chi connectivity index (χ3n) is 22.9. The van der Waals surface area contributed by atoms with Crippen molar-refractivity contribution in [2.24, 2.45) is 75.7 Å². The van der Waals surface area contributed by atoms with E-state index in [0.717, 1.165) is 69.1 Å². The van der Waals surface area contributed by atoms with Crippen molar-refractivity contribution in [3.8, 4) is 0 Å². The summed E-state index contributed by atoms with van der Waals surface area (Å²) in [6, 6.07) is 0. The second kappa shape index (κ2) is 19.3. The molecule has 2 aliphatic heterocycles. The molecule has 14 nitrogen and oxygen atoms in total. The van der Waals surface area contributed by atoms with E-state index in [-0.39, 0.29) is 86.5 Å². The summed E-state index contributed by atoms with van der Waals surface area (Å²) in [7, 11) is 0. The van der Waals surface area contributed by atoms with Gasteiger partial charge in [0.15, 0.2) is 5.78 Å². The zero-order valence-corrected chi connectivity index (χ0v) is 44.0. The minimum absolute atomic E-state index is 0.0112. The Labute approximate surface area is 433 Å². The van der Waals surface area contributed by atoms with Gasteiger partial charge in [0.25, 0.3) is 0 Å². The lowest BCUT2D eigenvalue weighted by molar-refractivity contribution is -0.282. The van der Waals surface area contributed by atoms with Gasteiger partial charge in [-0.15, -0.1) is 0 Å². The molecule has 22 atom stereocenters. The highest BCUT2D eigenvalue weighted by molar-refractivity contribution is 6.00. The van der Waals surface area contributed by atoms with E-state index in [1.165, 1.54) is 0 Å². The van der Waals surface area contributed by atoms with Crippen LogP contribution in [0.4, 0.5) is 0 Å². The Morgan fingerprint density at radius 1 is 0.932 bits per heavy atom. The zero-order chi connectivity index (χ0) is 51.6. The Kier molecular flexibility index (Phi) is 14.0. The first-order chi connectivity index (χ1) is 34.8. The van der Waals surface area contributed by atoms with Crippen molar-refractivity contribution >= 4 is 5.78 Å². The number of ether oxygens (including phenoxy) is 1. The van der Waals surface area contributed by atoms with Gasteiger partial charge in [-0.25, -0.2) is 0 Å². The van der Waals surface area contributed by atoms with E-state index in [4.69, 9.17) is 10.5 Å². The molecule has 73 heavy (non-hydrogen) atoms. The van der Waals surface area contributed by atoms with E-state index in [2.05, 4.69) is 23.6 Å². The second-order valence-electron chi connectivity index (χ2n) is 26.4. The number of Topliss-reactive ketones (excluding diaryl/α,β-unsaturated/α-hetero) is 1. The minimum Gasteiger partial charge on any atom is -0.396 e. The maximum absolute atomic E-state index is 16.3. The Morgan fingerprint density at radius 3 is 2.42 bits per heavy atom. The topological polar surface area (TPSA) is 258 Å². The summed E-state index contributed by atoms with van der Waals surface area (Å²) in [6.07, 6.45) is 16.4. The van der Waals surface area contributed by atoms with Crippen LogP contribution in [-0.2, 0) is 9.53 Å². The molecule has 14 heteroatoms. The number of carbonyl (C=O) groups excluding carboxylic acids is 1. The van der Waals surface area contributed by atoms with Crippen LogP contribution in [-0.4, -0.2) is 130 Å². The Morgan fingerprint density at radius 2 is 1.68 bits per heavy atom. The van der Waals surface area contributed by atoms with Crippen molar-refractivity contribution in [1.29, 1.82) is 0 Å². The van der Waals surface area contributed by atoms with Crippen molar-refractivity contribution in [3.63, 3.8) is 0 Å². The average molecular weight is 1020 g/mol.